The van der Waals surface area contributed by atoms with Crippen molar-refractivity contribution in [2.75, 3.05) is 13.1 Å². The molecule has 2 N–H and O–H groups in total. The standard InChI is InChI=1S/C23H46N2O2/c1-2-3-4-5-6-7-8-9-10-11-12-13-14-15-16-17-18-19-23(27)25-21-20-24-22-26/h22H,2-21H2,1H3,(H,24,26)(H,25,27). The van der Waals surface area contributed by atoms with Crippen LogP contribution in [0.5, 0.6) is 0 Å². The molecule has 0 heterocycles. The predicted molar refractivity (Wildman–Crippen MR) is 116 cm³/mol. The third-order valence-electron chi connectivity index (χ3n) is 5.18. The van der Waals surface area contributed by atoms with E-state index in [0.29, 0.717) is 25.9 Å². The fourth-order valence-corrected chi connectivity index (χ4v) is 3.43. The Morgan fingerprint density at radius 2 is 1.04 bits per heavy atom. The highest BCUT2D eigenvalue weighted by Crippen LogP contribution is 2.14. The minimum absolute atomic E-state index is 0.101. The zero-order valence-corrected chi connectivity index (χ0v) is 18.0. The van der Waals surface area contributed by atoms with Gasteiger partial charge in [-0.3, -0.25) is 9.59 Å². The molecule has 0 aliphatic carbocycles. The van der Waals surface area contributed by atoms with E-state index in [4.69, 9.17) is 0 Å². The van der Waals surface area contributed by atoms with E-state index in [9.17, 15) is 9.59 Å². The van der Waals surface area contributed by atoms with E-state index >= 15 is 0 Å². The lowest BCUT2D eigenvalue weighted by atomic mass is 10.0. The van der Waals surface area contributed by atoms with Crippen molar-refractivity contribution in [2.24, 2.45) is 0 Å². The fraction of sp³-hybridized carbons (Fsp3) is 0.913. The van der Waals surface area contributed by atoms with Crippen molar-refractivity contribution in [3.8, 4) is 0 Å². The predicted octanol–water partition coefficient (Wildman–Crippen LogP) is 5.89. The summed E-state index contributed by atoms with van der Waals surface area (Å²) in [6.45, 7) is 3.31. The summed E-state index contributed by atoms with van der Waals surface area (Å²) in [5, 5.41) is 5.35. The topological polar surface area (TPSA) is 58.2 Å². The van der Waals surface area contributed by atoms with Gasteiger partial charge in [0.15, 0.2) is 0 Å². The zero-order chi connectivity index (χ0) is 19.8. The summed E-state index contributed by atoms with van der Waals surface area (Å²) < 4.78 is 0. The normalized spacial score (nSPS) is 10.7. The molecule has 0 saturated carbocycles. The Hall–Kier alpha value is -1.06. The van der Waals surface area contributed by atoms with Gasteiger partial charge in [-0.2, -0.15) is 0 Å². The molecule has 0 aromatic heterocycles. The third-order valence-corrected chi connectivity index (χ3v) is 5.18. The summed E-state index contributed by atoms with van der Waals surface area (Å²) in [6, 6.07) is 0. The largest absolute Gasteiger partial charge is 0.357 e. The summed E-state index contributed by atoms with van der Waals surface area (Å²) in [6.07, 6.45) is 24.3. The van der Waals surface area contributed by atoms with Crippen LogP contribution >= 0.6 is 0 Å². The molecule has 27 heavy (non-hydrogen) atoms. The number of hydrogen-bond acceptors (Lipinski definition) is 2. The maximum Gasteiger partial charge on any atom is 0.220 e. The number of amides is 2. The number of hydrogen-bond donors (Lipinski definition) is 2. The second-order valence-electron chi connectivity index (χ2n) is 7.83. The molecule has 0 atom stereocenters. The molecular formula is C23H46N2O2. The molecule has 0 fully saturated rings. The molecule has 4 heteroatoms. The molecule has 2 amide bonds. The van der Waals surface area contributed by atoms with E-state index in [2.05, 4.69) is 17.6 Å². The van der Waals surface area contributed by atoms with Gasteiger partial charge >= 0.3 is 0 Å². The van der Waals surface area contributed by atoms with Crippen molar-refractivity contribution in [1.29, 1.82) is 0 Å². The summed E-state index contributed by atoms with van der Waals surface area (Å²) in [4.78, 5) is 21.6. The van der Waals surface area contributed by atoms with Gasteiger partial charge in [0.05, 0.1) is 0 Å². The molecule has 0 aliphatic heterocycles. The van der Waals surface area contributed by atoms with Gasteiger partial charge in [-0.15, -0.1) is 0 Å². The van der Waals surface area contributed by atoms with Crippen LogP contribution in [0.2, 0.25) is 0 Å². The Morgan fingerprint density at radius 3 is 1.44 bits per heavy atom. The molecular weight excluding hydrogens is 336 g/mol. The summed E-state index contributed by atoms with van der Waals surface area (Å²) >= 11 is 0. The van der Waals surface area contributed by atoms with Crippen LogP contribution in [-0.4, -0.2) is 25.4 Å². The Labute approximate surface area is 168 Å². The highest BCUT2D eigenvalue weighted by Gasteiger charge is 2.00. The number of nitrogens with one attached hydrogen (secondary N) is 2. The molecule has 0 aromatic rings. The number of carbonyl (C=O) groups is 2. The van der Waals surface area contributed by atoms with Crippen molar-refractivity contribution in [3.05, 3.63) is 0 Å². The van der Waals surface area contributed by atoms with Gasteiger partial charge in [0.1, 0.15) is 0 Å². The molecule has 0 bridgehead atoms. The van der Waals surface area contributed by atoms with Crippen LogP contribution < -0.4 is 10.6 Å². The van der Waals surface area contributed by atoms with Crippen molar-refractivity contribution >= 4 is 12.3 Å². The highest BCUT2D eigenvalue weighted by molar-refractivity contribution is 5.75. The fourth-order valence-electron chi connectivity index (χ4n) is 3.43. The van der Waals surface area contributed by atoms with E-state index in [0.717, 1.165) is 12.8 Å². The minimum atomic E-state index is 0.101. The van der Waals surface area contributed by atoms with E-state index in [1.807, 2.05) is 0 Å². The maximum absolute atomic E-state index is 11.5. The molecule has 0 aromatic carbocycles. The first-order valence-corrected chi connectivity index (χ1v) is 11.7. The van der Waals surface area contributed by atoms with Crippen LogP contribution in [-0.2, 0) is 9.59 Å². The lowest BCUT2D eigenvalue weighted by Gasteiger charge is -2.05. The molecule has 0 unspecified atom stereocenters. The van der Waals surface area contributed by atoms with Crippen LogP contribution in [0, 0.1) is 0 Å². The van der Waals surface area contributed by atoms with Gasteiger partial charge in [-0.25, -0.2) is 0 Å². The van der Waals surface area contributed by atoms with Gasteiger partial charge in [0, 0.05) is 19.5 Å². The lowest BCUT2D eigenvalue weighted by molar-refractivity contribution is -0.121. The monoisotopic (exact) mass is 382 g/mol. The number of rotatable bonds is 22. The molecule has 0 rings (SSSR count). The quantitative estimate of drug-likeness (QED) is 0.181. The molecule has 0 spiro atoms. The van der Waals surface area contributed by atoms with Gasteiger partial charge in [0.25, 0.3) is 0 Å². The van der Waals surface area contributed by atoms with Gasteiger partial charge in [-0.05, 0) is 6.42 Å². The SMILES string of the molecule is CCCCCCCCCCCCCCCCCCCC(=O)NCCNC=O. The van der Waals surface area contributed by atoms with Gasteiger partial charge < -0.3 is 10.6 Å². The number of unbranched alkanes of at least 4 members (excludes halogenated alkanes) is 16. The second-order valence-corrected chi connectivity index (χ2v) is 7.83. The van der Waals surface area contributed by atoms with Crippen molar-refractivity contribution in [2.45, 2.75) is 122 Å². The lowest BCUT2D eigenvalue weighted by Crippen LogP contribution is -2.31. The summed E-state index contributed by atoms with van der Waals surface area (Å²) in [7, 11) is 0. The highest BCUT2D eigenvalue weighted by atomic mass is 16.1. The summed E-state index contributed by atoms with van der Waals surface area (Å²) in [5.41, 5.74) is 0. The molecule has 160 valence electrons. The van der Waals surface area contributed by atoms with Crippen molar-refractivity contribution in [1.82, 2.24) is 10.6 Å². The first-order valence-electron chi connectivity index (χ1n) is 11.7. The molecule has 0 aliphatic rings. The van der Waals surface area contributed by atoms with Crippen LogP contribution in [0.3, 0.4) is 0 Å². The van der Waals surface area contributed by atoms with E-state index in [1.165, 1.54) is 96.3 Å². The van der Waals surface area contributed by atoms with Gasteiger partial charge in [-0.1, -0.05) is 110 Å². The Morgan fingerprint density at radius 1 is 0.630 bits per heavy atom. The van der Waals surface area contributed by atoms with Crippen LogP contribution in [0.15, 0.2) is 0 Å². The zero-order valence-electron chi connectivity index (χ0n) is 18.0. The van der Waals surface area contributed by atoms with Crippen molar-refractivity contribution in [3.63, 3.8) is 0 Å². The maximum atomic E-state index is 11.5. The first kappa shape index (κ1) is 25.9. The second kappa shape index (κ2) is 23.0. The number of carbonyl (C=O) groups excluding carboxylic acids is 2. The smallest absolute Gasteiger partial charge is 0.220 e. The van der Waals surface area contributed by atoms with Crippen molar-refractivity contribution < 1.29 is 9.59 Å². The van der Waals surface area contributed by atoms with E-state index in [-0.39, 0.29) is 5.91 Å². The van der Waals surface area contributed by atoms with E-state index < -0.39 is 0 Å². The Kier molecular flexibility index (Phi) is 22.1. The summed E-state index contributed by atoms with van der Waals surface area (Å²) in [5.74, 6) is 0.101. The molecule has 0 radical (unpaired) electrons. The van der Waals surface area contributed by atoms with Crippen LogP contribution in [0.25, 0.3) is 0 Å². The van der Waals surface area contributed by atoms with Crippen LogP contribution in [0.1, 0.15) is 122 Å². The first-order chi connectivity index (χ1) is 13.3. The minimum Gasteiger partial charge on any atom is -0.357 e. The van der Waals surface area contributed by atoms with Crippen LogP contribution in [0.4, 0.5) is 0 Å². The third kappa shape index (κ3) is 22.9. The molecule has 0 saturated heterocycles. The van der Waals surface area contributed by atoms with E-state index in [1.54, 1.807) is 0 Å². The Bertz CT molecular complexity index is 322. The average molecular weight is 383 g/mol. The molecule has 4 nitrogen and oxygen atoms in total. The van der Waals surface area contributed by atoms with Gasteiger partial charge in [0.2, 0.25) is 12.3 Å². The average Bonchev–Trinajstić information content (AvgIpc) is 2.67. The Balaban J connectivity index is 3.08.